The molecule has 0 spiro atoms. The van der Waals surface area contributed by atoms with Crippen LogP contribution in [0.15, 0.2) is 42.2 Å². The second kappa shape index (κ2) is 7.65. The van der Waals surface area contributed by atoms with Gasteiger partial charge < -0.3 is 14.2 Å². The van der Waals surface area contributed by atoms with Gasteiger partial charge in [0.05, 0.1) is 19.3 Å². The molecule has 1 aliphatic rings. The number of rotatable bonds is 6. The average molecular weight is 352 g/mol. The molecule has 136 valence electrons. The molecule has 0 radical (unpaired) electrons. The number of carbonyl (C=O) groups excluding carboxylic acids is 1. The zero-order chi connectivity index (χ0) is 18.7. The third kappa shape index (κ3) is 3.90. The van der Waals surface area contributed by atoms with Crippen LogP contribution in [0.4, 0.5) is 0 Å². The Kier molecular flexibility index (Phi) is 5.31. The normalized spacial score (nSPS) is 14.5. The summed E-state index contributed by atoms with van der Waals surface area (Å²) < 4.78 is 16.9. The highest BCUT2D eigenvalue weighted by molar-refractivity contribution is 6.14. The number of hydrogen-bond acceptors (Lipinski definition) is 4. The third-order valence-corrected chi connectivity index (χ3v) is 4.26. The molecule has 1 heterocycles. The Morgan fingerprint density at radius 2 is 1.92 bits per heavy atom. The Balaban J connectivity index is 1.80. The Labute approximate surface area is 154 Å². The molecule has 1 aliphatic heterocycles. The molecule has 2 aromatic rings. The first-order valence-corrected chi connectivity index (χ1v) is 8.83. The van der Waals surface area contributed by atoms with Crippen LogP contribution in [0.3, 0.4) is 0 Å². The quantitative estimate of drug-likeness (QED) is 0.683. The minimum atomic E-state index is -0.0973. The zero-order valence-corrected chi connectivity index (χ0v) is 15.7. The molecule has 0 saturated heterocycles. The number of allylic oxidation sites excluding steroid dienone is 1. The van der Waals surface area contributed by atoms with Gasteiger partial charge >= 0.3 is 0 Å². The van der Waals surface area contributed by atoms with Crippen LogP contribution in [0.5, 0.6) is 17.2 Å². The minimum absolute atomic E-state index is 0.0973. The lowest BCUT2D eigenvalue weighted by Crippen LogP contribution is -2.03. The number of aryl methyl sites for hydroxylation is 1. The van der Waals surface area contributed by atoms with Crippen molar-refractivity contribution in [3.8, 4) is 17.2 Å². The van der Waals surface area contributed by atoms with Crippen molar-refractivity contribution in [3.63, 3.8) is 0 Å². The predicted molar refractivity (Wildman–Crippen MR) is 102 cm³/mol. The summed E-state index contributed by atoms with van der Waals surface area (Å²) >= 11 is 0. The lowest BCUT2D eigenvalue weighted by Gasteiger charge is -2.12. The number of ether oxygens (including phenoxy) is 3. The largest absolute Gasteiger partial charge is 0.493 e. The fraction of sp³-hybridized carbons (Fsp3) is 0.318. The minimum Gasteiger partial charge on any atom is -0.493 e. The number of methoxy groups -OCH3 is 1. The maximum Gasteiger partial charge on any atom is 0.231 e. The van der Waals surface area contributed by atoms with E-state index in [4.69, 9.17) is 14.2 Å². The summed E-state index contributed by atoms with van der Waals surface area (Å²) in [7, 11) is 1.61. The molecular formula is C22H24O4. The molecule has 3 rings (SSSR count). The van der Waals surface area contributed by atoms with E-state index in [0.717, 1.165) is 17.5 Å². The molecule has 0 bridgehead atoms. The molecule has 0 N–H and O–H groups in total. The van der Waals surface area contributed by atoms with Crippen molar-refractivity contribution in [2.45, 2.75) is 27.2 Å². The molecule has 0 aromatic heterocycles. The molecule has 0 saturated carbocycles. The van der Waals surface area contributed by atoms with Crippen molar-refractivity contribution < 1.29 is 19.0 Å². The van der Waals surface area contributed by atoms with Gasteiger partial charge in [0.2, 0.25) is 5.78 Å². The first-order chi connectivity index (χ1) is 12.5. The highest BCUT2D eigenvalue weighted by atomic mass is 16.5. The van der Waals surface area contributed by atoms with Gasteiger partial charge in [-0.3, -0.25) is 4.79 Å². The van der Waals surface area contributed by atoms with Crippen LogP contribution in [0.25, 0.3) is 6.08 Å². The van der Waals surface area contributed by atoms with Crippen LogP contribution in [0.2, 0.25) is 0 Å². The monoisotopic (exact) mass is 352 g/mol. The van der Waals surface area contributed by atoms with E-state index in [2.05, 4.69) is 13.8 Å². The highest BCUT2D eigenvalue weighted by Gasteiger charge is 2.27. The molecule has 0 atom stereocenters. The van der Waals surface area contributed by atoms with E-state index in [9.17, 15) is 4.79 Å². The van der Waals surface area contributed by atoms with E-state index in [0.29, 0.717) is 41.1 Å². The lowest BCUT2D eigenvalue weighted by atomic mass is 10.1. The SMILES string of the molecule is COc1cc(/C=C2\Oc3ccc(C)cc3C2=O)ccc1OCCC(C)C. The average Bonchev–Trinajstić information content (AvgIpc) is 2.91. The summed E-state index contributed by atoms with van der Waals surface area (Å²) in [6, 6.07) is 11.2. The second-order valence-corrected chi connectivity index (χ2v) is 6.88. The highest BCUT2D eigenvalue weighted by Crippen LogP contribution is 2.34. The van der Waals surface area contributed by atoms with Gasteiger partial charge in [-0.2, -0.15) is 0 Å². The van der Waals surface area contributed by atoms with Crippen molar-refractivity contribution in [1.29, 1.82) is 0 Å². The van der Waals surface area contributed by atoms with Gasteiger partial charge in [-0.15, -0.1) is 0 Å². The van der Waals surface area contributed by atoms with Crippen molar-refractivity contribution in [2.75, 3.05) is 13.7 Å². The van der Waals surface area contributed by atoms with E-state index in [1.807, 2.05) is 43.3 Å². The fourth-order valence-electron chi connectivity index (χ4n) is 2.75. The van der Waals surface area contributed by atoms with Gasteiger partial charge in [-0.05, 0) is 55.2 Å². The van der Waals surface area contributed by atoms with Gasteiger partial charge in [0.25, 0.3) is 0 Å². The van der Waals surface area contributed by atoms with E-state index < -0.39 is 0 Å². The third-order valence-electron chi connectivity index (χ3n) is 4.26. The van der Waals surface area contributed by atoms with Gasteiger partial charge in [0, 0.05) is 0 Å². The van der Waals surface area contributed by atoms with Crippen molar-refractivity contribution in [1.82, 2.24) is 0 Å². The van der Waals surface area contributed by atoms with Gasteiger partial charge in [-0.25, -0.2) is 0 Å². The smallest absolute Gasteiger partial charge is 0.231 e. The number of carbonyl (C=O) groups is 1. The van der Waals surface area contributed by atoms with Gasteiger partial charge in [-0.1, -0.05) is 31.5 Å². The Morgan fingerprint density at radius 1 is 1.12 bits per heavy atom. The summed E-state index contributed by atoms with van der Waals surface area (Å²) in [6.07, 6.45) is 2.72. The first-order valence-electron chi connectivity index (χ1n) is 8.83. The predicted octanol–water partition coefficient (Wildman–Crippen LogP) is 5.04. The van der Waals surface area contributed by atoms with Crippen LogP contribution < -0.4 is 14.2 Å². The van der Waals surface area contributed by atoms with Crippen LogP contribution in [-0.2, 0) is 0 Å². The summed E-state index contributed by atoms with van der Waals surface area (Å²) in [6.45, 7) is 6.92. The van der Waals surface area contributed by atoms with E-state index >= 15 is 0 Å². The van der Waals surface area contributed by atoms with Crippen molar-refractivity contribution in [3.05, 3.63) is 58.8 Å². The Bertz CT molecular complexity index is 849. The number of fused-ring (bicyclic) bond motifs is 1. The summed E-state index contributed by atoms with van der Waals surface area (Å²) in [5, 5.41) is 0. The molecule has 0 unspecified atom stereocenters. The zero-order valence-electron chi connectivity index (χ0n) is 15.7. The summed E-state index contributed by atoms with van der Waals surface area (Å²) in [5.74, 6) is 2.75. The van der Waals surface area contributed by atoms with Crippen LogP contribution in [-0.4, -0.2) is 19.5 Å². The maximum absolute atomic E-state index is 12.5. The molecule has 26 heavy (non-hydrogen) atoms. The fourth-order valence-corrected chi connectivity index (χ4v) is 2.75. The van der Waals surface area contributed by atoms with E-state index in [1.54, 1.807) is 13.2 Å². The standard InChI is InChI=1S/C22H24O4/c1-14(2)9-10-25-19-8-6-16(12-20(19)24-4)13-21-22(23)17-11-15(3)5-7-18(17)26-21/h5-8,11-14H,9-10H2,1-4H3/b21-13-. The van der Waals surface area contributed by atoms with Crippen LogP contribution in [0.1, 0.15) is 41.8 Å². The maximum atomic E-state index is 12.5. The molecule has 0 aliphatic carbocycles. The van der Waals surface area contributed by atoms with Crippen LogP contribution in [0, 0.1) is 12.8 Å². The summed E-state index contributed by atoms with van der Waals surface area (Å²) in [5.41, 5.74) is 2.47. The molecule has 4 nitrogen and oxygen atoms in total. The first kappa shape index (κ1) is 18.1. The molecular weight excluding hydrogens is 328 g/mol. The Morgan fingerprint density at radius 3 is 2.65 bits per heavy atom. The number of Topliss-reactive ketones (excluding diaryl/α,β-unsaturated/α-hetero) is 1. The Hall–Kier alpha value is -2.75. The molecule has 0 fully saturated rings. The van der Waals surface area contributed by atoms with Crippen molar-refractivity contribution >= 4 is 11.9 Å². The second-order valence-electron chi connectivity index (χ2n) is 6.88. The van der Waals surface area contributed by atoms with Crippen LogP contribution >= 0.6 is 0 Å². The number of ketones is 1. The van der Waals surface area contributed by atoms with E-state index in [-0.39, 0.29) is 5.78 Å². The number of hydrogen-bond donors (Lipinski definition) is 0. The van der Waals surface area contributed by atoms with E-state index in [1.165, 1.54) is 0 Å². The van der Waals surface area contributed by atoms with Gasteiger partial charge in [0.1, 0.15) is 5.75 Å². The molecule has 2 aromatic carbocycles. The number of benzene rings is 2. The lowest BCUT2D eigenvalue weighted by molar-refractivity contribution is 0.101. The molecule has 4 heteroatoms. The van der Waals surface area contributed by atoms with Crippen molar-refractivity contribution in [2.24, 2.45) is 5.92 Å². The topological polar surface area (TPSA) is 44.8 Å². The van der Waals surface area contributed by atoms with Gasteiger partial charge in [0.15, 0.2) is 17.3 Å². The molecule has 0 amide bonds. The summed E-state index contributed by atoms with van der Waals surface area (Å²) in [4.78, 5) is 12.5.